The third-order valence-corrected chi connectivity index (χ3v) is 6.65. The molecule has 5 rings (SSSR count). The molecule has 180 valence electrons. The first kappa shape index (κ1) is 23.2. The van der Waals surface area contributed by atoms with Gasteiger partial charge >= 0.3 is 5.97 Å². The van der Waals surface area contributed by atoms with E-state index in [2.05, 4.69) is 16.3 Å². The van der Waals surface area contributed by atoms with Gasteiger partial charge in [-0.1, -0.05) is 42.0 Å². The van der Waals surface area contributed by atoms with Crippen molar-refractivity contribution in [3.63, 3.8) is 0 Å². The molecule has 3 heterocycles. The number of nitrogens with two attached hydrogens (primary N) is 1. The van der Waals surface area contributed by atoms with Crippen molar-refractivity contribution in [1.82, 2.24) is 10.2 Å². The van der Waals surface area contributed by atoms with Gasteiger partial charge < -0.3 is 19.9 Å². The first-order valence-electron chi connectivity index (χ1n) is 11.3. The van der Waals surface area contributed by atoms with E-state index in [-0.39, 0.29) is 17.2 Å². The maximum atomic E-state index is 12.6. The highest BCUT2D eigenvalue weighted by Gasteiger charge is 2.36. The fourth-order valence-electron chi connectivity index (χ4n) is 4.12. The Morgan fingerprint density at radius 2 is 2.03 bits per heavy atom. The number of rotatable bonds is 6. The van der Waals surface area contributed by atoms with Crippen LogP contribution in [0.25, 0.3) is 11.3 Å². The highest BCUT2D eigenvalue weighted by atomic mass is 32.1. The highest BCUT2D eigenvalue weighted by Crippen LogP contribution is 2.47. The molecule has 4 aromatic rings. The number of carbonyl (C=O) groups is 1. The first-order chi connectivity index (χ1) is 17.5. The monoisotopic (exact) mass is 498 g/mol. The van der Waals surface area contributed by atoms with Crippen molar-refractivity contribution in [1.29, 1.82) is 5.26 Å². The molecule has 2 aromatic heterocycles. The van der Waals surface area contributed by atoms with Gasteiger partial charge in [0.2, 0.25) is 11.8 Å². The second kappa shape index (κ2) is 9.60. The lowest BCUT2D eigenvalue weighted by Gasteiger charge is -2.25. The number of carbonyl (C=O) groups excluding carboxylic acids is 1. The van der Waals surface area contributed by atoms with Crippen LogP contribution in [0.3, 0.4) is 0 Å². The van der Waals surface area contributed by atoms with Crippen LogP contribution >= 0.6 is 11.3 Å². The standard InChI is InChI=1S/C27H22N4O4S/c1-3-33-20-13-17(10-11-19(20)34-27(32)21-5-4-12-36-21)22-18(14-28)25(29)35-26-23(22)24(30-31-26)16-8-6-15(2)7-9-16/h4-13,22H,3,29H2,1-2H3,(H,30,31). The Labute approximate surface area is 211 Å². The number of allylic oxidation sites excluding steroid dienone is 1. The van der Waals surface area contributed by atoms with Crippen LogP contribution in [0.4, 0.5) is 0 Å². The smallest absolute Gasteiger partial charge is 0.353 e. The van der Waals surface area contributed by atoms with E-state index >= 15 is 0 Å². The third kappa shape index (κ3) is 4.19. The van der Waals surface area contributed by atoms with Crippen LogP contribution in [0.15, 0.2) is 71.4 Å². The van der Waals surface area contributed by atoms with Crippen LogP contribution in [0.1, 0.15) is 39.2 Å². The minimum atomic E-state index is -0.574. The molecule has 0 saturated carbocycles. The van der Waals surface area contributed by atoms with E-state index in [9.17, 15) is 10.1 Å². The number of nitrogens with one attached hydrogen (secondary N) is 1. The van der Waals surface area contributed by atoms with E-state index < -0.39 is 11.9 Å². The molecule has 36 heavy (non-hydrogen) atoms. The molecule has 0 radical (unpaired) electrons. The fraction of sp³-hybridized carbons (Fsp3) is 0.148. The molecule has 3 N–H and O–H groups in total. The van der Waals surface area contributed by atoms with Gasteiger partial charge in [0.15, 0.2) is 11.5 Å². The molecule has 1 unspecified atom stereocenters. The Kier molecular flexibility index (Phi) is 6.19. The largest absolute Gasteiger partial charge is 0.490 e. The molecule has 0 spiro atoms. The lowest BCUT2D eigenvalue weighted by Crippen LogP contribution is -2.21. The zero-order valence-corrected chi connectivity index (χ0v) is 20.4. The molecule has 2 aromatic carbocycles. The SMILES string of the molecule is CCOc1cc(C2C(C#N)=C(N)Oc3n[nH]c(-c4ccc(C)cc4)c32)ccc1OC(=O)c1cccs1. The van der Waals surface area contributed by atoms with Crippen molar-refractivity contribution in [2.75, 3.05) is 6.61 Å². The number of nitrogens with zero attached hydrogens (tertiary/aromatic N) is 2. The van der Waals surface area contributed by atoms with Crippen molar-refractivity contribution in [3.8, 4) is 34.7 Å². The van der Waals surface area contributed by atoms with Crippen LogP contribution in [-0.4, -0.2) is 22.8 Å². The number of aryl methyl sites for hydroxylation is 1. The van der Waals surface area contributed by atoms with Gasteiger partial charge in [0.1, 0.15) is 16.5 Å². The van der Waals surface area contributed by atoms with E-state index in [4.69, 9.17) is 19.9 Å². The Bertz CT molecular complexity index is 1500. The number of nitriles is 1. The van der Waals surface area contributed by atoms with E-state index in [0.717, 1.165) is 16.8 Å². The minimum absolute atomic E-state index is 0.0110. The number of fused-ring (bicyclic) bond motifs is 1. The topological polar surface area (TPSA) is 123 Å². The Hall–Kier alpha value is -4.55. The van der Waals surface area contributed by atoms with Gasteiger partial charge in [0.05, 0.1) is 23.8 Å². The zero-order valence-electron chi connectivity index (χ0n) is 19.6. The van der Waals surface area contributed by atoms with Crippen molar-refractivity contribution in [2.45, 2.75) is 19.8 Å². The number of esters is 1. The van der Waals surface area contributed by atoms with Gasteiger partial charge in [0.25, 0.3) is 0 Å². The summed E-state index contributed by atoms with van der Waals surface area (Å²) >= 11 is 1.30. The Morgan fingerprint density at radius 1 is 1.22 bits per heavy atom. The average molecular weight is 499 g/mol. The molecule has 1 aliphatic rings. The molecule has 1 aliphatic heterocycles. The van der Waals surface area contributed by atoms with E-state index in [1.807, 2.05) is 43.5 Å². The second-order valence-electron chi connectivity index (χ2n) is 8.11. The quantitative estimate of drug-likeness (QED) is 0.274. The summed E-state index contributed by atoms with van der Waals surface area (Å²) in [7, 11) is 0. The van der Waals surface area contributed by atoms with Crippen LogP contribution in [0.2, 0.25) is 0 Å². The number of hydrogen-bond donors (Lipinski definition) is 2. The van der Waals surface area contributed by atoms with Crippen molar-refractivity contribution in [3.05, 3.63) is 93.0 Å². The minimum Gasteiger partial charge on any atom is -0.490 e. The van der Waals surface area contributed by atoms with Gasteiger partial charge in [-0.05, 0) is 43.0 Å². The molecule has 0 bridgehead atoms. The number of thiophene rings is 1. The molecule has 8 nitrogen and oxygen atoms in total. The lowest BCUT2D eigenvalue weighted by molar-refractivity contribution is 0.0733. The summed E-state index contributed by atoms with van der Waals surface area (Å²) in [5.41, 5.74) is 10.5. The first-order valence-corrected chi connectivity index (χ1v) is 12.1. The molecular weight excluding hydrogens is 476 g/mol. The highest BCUT2D eigenvalue weighted by molar-refractivity contribution is 7.12. The van der Waals surface area contributed by atoms with Gasteiger partial charge in [-0.2, -0.15) is 5.26 Å². The van der Waals surface area contributed by atoms with E-state index in [0.29, 0.717) is 34.2 Å². The summed E-state index contributed by atoms with van der Waals surface area (Å²) in [4.78, 5) is 13.0. The molecule has 0 aliphatic carbocycles. The van der Waals surface area contributed by atoms with E-state index in [1.165, 1.54) is 11.3 Å². The second-order valence-corrected chi connectivity index (χ2v) is 9.06. The average Bonchev–Trinajstić information content (AvgIpc) is 3.55. The molecule has 0 saturated heterocycles. The maximum absolute atomic E-state index is 12.6. The van der Waals surface area contributed by atoms with Crippen molar-refractivity contribution < 1.29 is 19.0 Å². The summed E-state index contributed by atoms with van der Waals surface area (Å²) in [6, 6.07) is 18.9. The number of H-pyrrole nitrogens is 1. The molecule has 0 amide bonds. The third-order valence-electron chi connectivity index (χ3n) is 5.81. The number of ether oxygens (including phenoxy) is 3. The van der Waals surface area contributed by atoms with Gasteiger partial charge in [-0.3, -0.25) is 5.10 Å². The van der Waals surface area contributed by atoms with E-state index in [1.54, 1.807) is 30.3 Å². The lowest BCUT2D eigenvalue weighted by atomic mass is 9.83. The zero-order chi connectivity index (χ0) is 25.2. The Morgan fingerprint density at radius 3 is 2.72 bits per heavy atom. The van der Waals surface area contributed by atoms with Gasteiger partial charge in [0, 0.05) is 5.56 Å². The predicted molar refractivity (Wildman–Crippen MR) is 135 cm³/mol. The summed E-state index contributed by atoms with van der Waals surface area (Å²) in [6.07, 6.45) is 0. The molecule has 0 fully saturated rings. The van der Waals surface area contributed by atoms with Crippen LogP contribution in [0.5, 0.6) is 17.4 Å². The van der Waals surface area contributed by atoms with Crippen LogP contribution in [0, 0.1) is 18.3 Å². The normalized spacial score (nSPS) is 14.5. The summed E-state index contributed by atoms with van der Waals surface area (Å²) in [5.74, 6) is -0.0845. The van der Waals surface area contributed by atoms with Crippen LogP contribution < -0.4 is 19.9 Å². The number of aromatic nitrogens is 2. The molecular formula is C27H22N4O4S. The molecule has 9 heteroatoms. The maximum Gasteiger partial charge on any atom is 0.353 e. The summed E-state index contributed by atoms with van der Waals surface area (Å²) in [5, 5.41) is 19.2. The molecule has 1 atom stereocenters. The predicted octanol–water partition coefficient (Wildman–Crippen LogP) is 5.28. The van der Waals surface area contributed by atoms with Crippen LogP contribution in [-0.2, 0) is 0 Å². The van der Waals surface area contributed by atoms with Gasteiger partial charge in [-0.15, -0.1) is 16.4 Å². The number of hydrogen-bond acceptors (Lipinski definition) is 8. The summed E-state index contributed by atoms with van der Waals surface area (Å²) < 4.78 is 17.1. The Balaban J connectivity index is 1.60. The number of aromatic amines is 1. The van der Waals surface area contributed by atoms with Crippen molar-refractivity contribution in [2.24, 2.45) is 5.73 Å². The number of benzene rings is 2. The van der Waals surface area contributed by atoms with Gasteiger partial charge in [-0.25, -0.2) is 4.79 Å². The summed E-state index contributed by atoms with van der Waals surface area (Å²) in [6.45, 7) is 4.21. The van der Waals surface area contributed by atoms with Crippen molar-refractivity contribution >= 4 is 17.3 Å². The fourth-order valence-corrected chi connectivity index (χ4v) is 4.72.